The molecule has 8 heteroatoms. The number of imidazole rings is 1. The van der Waals surface area contributed by atoms with Crippen molar-refractivity contribution in [3.63, 3.8) is 0 Å². The van der Waals surface area contributed by atoms with Gasteiger partial charge in [-0.25, -0.2) is 4.98 Å². The average molecular weight is 257 g/mol. The quantitative estimate of drug-likeness (QED) is 0.711. The summed E-state index contributed by atoms with van der Waals surface area (Å²) in [5, 5.41) is 10.6. The van der Waals surface area contributed by atoms with Gasteiger partial charge in [-0.2, -0.15) is 20.2 Å². The van der Waals surface area contributed by atoms with E-state index in [1.807, 2.05) is 6.07 Å². The summed E-state index contributed by atoms with van der Waals surface area (Å²) in [6.07, 6.45) is 3.23. The SMILES string of the molecule is CNc1nc2nc(OCc3cccnn3)ncc2[nH]1. The molecule has 8 nitrogen and oxygen atoms in total. The Hall–Kier alpha value is -2.77. The average Bonchev–Trinajstić information content (AvgIpc) is 2.88. The van der Waals surface area contributed by atoms with E-state index in [9.17, 15) is 0 Å². The van der Waals surface area contributed by atoms with Crippen LogP contribution >= 0.6 is 0 Å². The molecule has 0 saturated heterocycles. The highest BCUT2D eigenvalue weighted by atomic mass is 16.5. The van der Waals surface area contributed by atoms with Gasteiger partial charge in [0.1, 0.15) is 17.8 Å². The van der Waals surface area contributed by atoms with Gasteiger partial charge in [0, 0.05) is 13.2 Å². The third kappa shape index (κ3) is 2.41. The molecule has 0 radical (unpaired) electrons. The lowest BCUT2D eigenvalue weighted by molar-refractivity contribution is 0.276. The number of aromatic amines is 1. The first-order chi connectivity index (χ1) is 9.35. The number of rotatable bonds is 4. The number of hydrogen-bond donors (Lipinski definition) is 2. The summed E-state index contributed by atoms with van der Waals surface area (Å²) in [6, 6.07) is 3.87. The Labute approximate surface area is 108 Å². The van der Waals surface area contributed by atoms with Crippen LogP contribution in [0.25, 0.3) is 11.2 Å². The minimum Gasteiger partial charge on any atom is -0.457 e. The lowest BCUT2D eigenvalue weighted by atomic mass is 10.4. The zero-order valence-electron chi connectivity index (χ0n) is 10.2. The first-order valence-corrected chi connectivity index (χ1v) is 5.65. The minimum atomic E-state index is 0.257. The summed E-state index contributed by atoms with van der Waals surface area (Å²) in [4.78, 5) is 15.5. The van der Waals surface area contributed by atoms with E-state index in [0.717, 1.165) is 5.52 Å². The molecule has 2 N–H and O–H groups in total. The molecule has 0 unspecified atom stereocenters. The smallest absolute Gasteiger partial charge is 0.318 e. The van der Waals surface area contributed by atoms with Crippen LogP contribution < -0.4 is 10.1 Å². The molecule has 3 rings (SSSR count). The molecule has 0 amide bonds. The number of hydrogen-bond acceptors (Lipinski definition) is 7. The first kappa shape index (κ1) is 11.3. The number of aromatic nitrogens is 6. The van der Waals surface area contributed by atoms with E-state index in [0.29, 0.717) is 17.3 Å². The van der Waals surface area contributed by atoms with Gasteiger partial charge in [0.25, 0.3) is 0 Å². The maximum Gasteiger partial charge on any atom is 0.318 e. The Morgan fingerprint density at radius 1 is 1.37 bits per heavy atom. The maximum absolute atomic E-state index is 5.44. The third-order valence-electron chi connectivity index (χ3n) is 2.43. The second-order valence-electron chi connectivity index (χ2n) is 3.73. The summed E-state index contributed by atoms with van der Waals surface area (Å²) >= 11 is 0. The number of ether oxygens (including phenoxy) is 1. The van der Waals surface area contributed by atoms with Crippen LogP contribution in [0.1, 0.15) is 5.69 Å². The fourth-order valence-corrected chi connectivity index (χ4v) is 1.53. The molecular weight excluding hydrogens is 246 g/mol. The van der Waals surface area contributed by atoms with Gasteiger partial charge in [-0.05, 0) is 12.1 Å². The van der Waals surface area contributed by atoms with Crippen LogP contribution in [0.3, 0.4) is 0 Å². The highest BCUT2D eigenvalue weighted by molar-refractivity contribution is 5.72. The number of nitrogens with one attached hydrogen (secondary N) is 2. The Bertz CT molecular complexity index is 682. The number of nitrogens with zero attached hydrogens (tertiary/aromatic N) is 5. The Kier molecular flexibility index (Phi) is 2.89. The molecule has 0 aromatic carbocycles. The lowest BCUT2D eigenvalue weighted by Gasteiger charge is -2.01. The molecule has 0 fully saturated rings. The first-order valence-electron chi connectivity index (χ1n) is 5.65. The largest absolute Gasteiger partial charge is 0.457 e. The van der Waals surface area contributed by atoms with Crippen LogP contribution in [-0.2, 0) is 6.61 Å². The molecule has 96 valence electrons. The standard InChI is InChI=1S/C11H11N7O/c1-12-10-15-8-5-13-11(17-9(8)16-10)19-6-7-3-2-4-14-18-7/h2-5H,6H2,1H3,(H2,12,13,15,16,17). The molecule has 0 aliphatic carbocycles. The number of anilines is 1. The van der Waals surface area contributed by atoms with Crippen LogP contribution in [0, 0.1) is 0 Å². The third-order valence-corrected chi connectivity index (χ3v) is 2.43. The molecule has 0 spiro atoms. The highest BCUT2D eigenvalue weighted by Gasteiger charge is 2.06. The van der Waals surface area contributed by atoms with Crippen molar-refractivity contribution in [1.82, 2.24) is 30.1 Å². The van der Waals surface area contributed by atoms with E-state index in [-0.39, 0.29) is 12.6 Å². The second kappa shape index (κ2) is 4.84. The number of H-pyrrole nitrogens is 1. The van der Waals surface area contributed by atoms with Crippen molar-refractivity contribution in [2.75, 3.05) is 12.4 Å². The molecule has 19 heavy (non-hydrogen) atoms. The summed E-state index contributed by atoms with van der Waals surface area (Å²) in [7, 11) is 1.77. The van der Waals surface area contributed by atoms with Crippen LogP contribution in [0.15, 0.2) is 24.5 Å². The monoisotopic (exact) mass is 257 g/mol. The summed E-state index contributed by atoms with van der Waals surface area (Å²) < 4.78 is 5.44. The van der Waals surface area contributed by atoms with Gasteiger partial charge in [0.2, 0.25) is 5.95 Å². The van der Waals surface area contributed by atoms with E-state index in [2.05, 4.69) is 35.5 Å². The van der Waals surface area contributed by atoms with E-state index in [1.54, 1.807) is 25.5 Å². The van der Waals surface area contributed by atoms with Crippen molar-refractivity contribution in [2.24, 2.45) is 0 Å². The van der Waals surface area contributed by atoms with Crippen LogP contribution in [0.4, 0.5) is 5.95 Å². The van der Waals surface area contributed by atoms with Gasteiger partial charge in [-0.3, -0.25) is 0 Å². The van der Waals surface area contributed by atoms with Gasteiger partial charge in [0.15, 0.2) is 5.65 Å². The van der Waals surface area contributed by atoms with E-state index in [4.69, 9.17) is 4.74 Å². The molecule has 3 aromatic heterocycles. The van der Waals surface area contributed by atoms with E-state index < -0.39 is 0 Å². The van der Waals surface area contributed by atoms with E-state index >= 15 is 0 Å². The van der Waals surface area contributed by atoms with Gasteiger partial charge in [-0.1, -0.05) is 0 Å². The summed E-state index contributed by atoms with van der Waals surface area (Å²) in [5.74, 6) is 0.635. The van der Waals surface area contributed by atoms with Crippen LogP contribution in [-0.4, -0.2) is 37.2 Å². The highest BCUT2D eigenvalue weighted by Crippen LogP contribution is 2.14. The molecule has 0 atom stereocenters. The predicted octanol–water partition coefficient (Wildman–Crippen LogP) is 0.764. The fourth-order valence-electron chi connectivity index (χ4n) is 1.53. The van der Waals surface area contributed by atoms with Gasteiger partial charge >= 0.3 is 6.01 Å². The predicted molar refractivity (Wildman–Crippen MR) is 67.6 cm³/mol. The molecule has 0 bridgehead atoms. The number of fused-ring (bicyclic) bond motifs is 1. The normalized spacial score (nSPS) is 10.6. The molecule has 0 aliphatic heterocycles. The van der Waals surface area contributed by atoms with Gasteiger partial charge in [0.05, 0.1) is 6.20 Å². The fraction of sp³-hybridized carbons (Fsp3) is 0.182. The molecule has 0 saturated carbocycles. The molecule has 3 aromatic rings. The Balaban J connectivity index is 1.78. The van der Waals surface area contributed by atoms with Crippen molar-refractivity contribution < 1.29 is 4.74 Å². The minimum absolute atomic E-state index is 0.257. The lowest BCUT2D eigenvalue weighted by Crippen LogP contribution is -2.01. The van der Waals surface area contributed by atoms with E-state index in [1.165, 1.54) is 0 Å². The molecule has 3 heterocycles. The van der Waals surface area contributed by atoms with Crippen molar-refractivity contribution >= 4 is 17.1 Å². The van der Waals surface area contributed by atoms with Crippen molar-refractivity contribution in [3.05, 3.63) is 30.2 Å². The molecule has 0 aliphatic rings. The summed E-state index contributed by atoms with van der Waals surface area (Å²) in [5.41, 5.74) is 2.01. The maximum atomic E-state index is 5.44. The van der Waals surface area contributed by atoms with Crippen molar-refractivity contribution in [1.29, 1.82) is 0 Å². The Morgan fingerprint density at radius 3 is 3.11 bits per heavy atom. The van der Waals surface area contributed by atoms with Crippen molar-refractivity contribution in [3.8, 4) is 6.01 Å². The van der Waals surface area contributed by atoms with Crippen LogP contribution in [0.5, 0.6) is 6.01 Å². The van der Waals surface area contributed by atoms with Gasteiger partial charge < -0.3 is 15.0 Å². The summed E-state index contributed by atoms with van der Waals surface area (Å²) in [6.45, 7) is 0.267. The Morgan fingerprint density at radius 2 is 2.32 bits per heavy atom. The zero-order valence-corrected chi connectivity index (χ0v) is 10.2. The second-order valence-corrected chi connectivity index (χ2v) is 3.73. The van der Waals surface area contributed by atoms with Gasteiger partial charge in [-0.15, -0.1) is 0 Å². The zero-order chi connectivity index (χ0) is 13.1. The topological polar surface area (TPSA) is 102 Å². The molecular formula is C11H11N7O. The van der Waals surface area contributed by atoms with Crippen molar-refractivity contribution in [2.45, 2.75) is 6.61 Å². The van der Waals surface area contributed by atoms with Crippen LogP contribution in [0.2, 0.25) is 0 Å².